The van der Waals surface area contributed by atoms with Crippen LogP contribution in [-0.2, 0) is 11.3 Å². The minimum Gasteiger partial charge on any atom is -0.480 e. The Balaban J connectivity index is 2.02. The molecule has 0 spiro atoms. The van der Waals surface area contributed by atoms with Crippen molar-refractivity contribution in [2.75, 3.05) is 0 Å². The number of carbonyl (C=O) groups is 2. The number of urea groups is 1. The molecule has 1 aromatic heterocycles. The fourth-order valence-corrected chi connectivity index (χ4v) is 2.93. The van der Waals surface area contributed by atoms with Crippen LogP contribution >= 0.6 is 11.3 Å². The Morgan fingerprint density at radius 2 is 2.24 bits per heavy atom. The molecule has 2 rings (SSSR count). The van der Waals surface area contributed by atoms with E-state index in [1.165, 1.54) is 0 Å². The van der Waals surface area contributed by atoms with Crippen molar-refractivity contribution in [3.63, 3.8) is 0 Å². The molecule has 5 nitrogen and oxygen atoms in total. The predicted molar refractivity (Wildman–Crippen MR) is 82.3 cm³/mol. The van der Waals surface area contributed by atoms with Gasteiger partial charge in [-0.15, -0.1) is 11.3 Å². The van der Waals surface area contributed by atoms with Gasteiger partial charge in [0.25, 0.3) is 0 Å². The lowest BCUT2D eigenvalue weighted by Crippen LogP contribution is -2.50. The maximum Gasteiger partial charge on any atom is 0.326 e. The molecule has 2 atom stereocenters. The maximum atomic E-state index is 12.4. The van der Waals surface area contributed by atoms with E-state index >= 15 is 0 Å². The van der Waals surface area contributed by atoms with Crippen LogP contribution < -0.4 is 5.32 Å². The van der Waals surface area contributed by atoms with Gasteiger partial charge in [-0.1, -0.05) is 26.3 Å². The highest BCUT2D eigenvalue weighted by Gasteiger charge is 2.35. The van der Waals surface area contributed by atoms with E-state index < -0.39 is 12.0 Å². The third kappa shape index (κ3) is 4.20. The molecule has 0 saturated heterocycles. The average molecular weight is 310 g/mol. The number of carbonyl (C=O) groups excluding carboxylic acids is 1. The molecule has 1 aromatic rings. The van der Waals surface area contributed by atoms with Crippen LogP contribution in [0.4, 0.5) is 4.79 Å². The molecular formula is C15H22N2O3S. The van der Waals surface area contributed by atoms with Crippen molar-refractivity contribution in [2.24, 2.45) is 5.92 Å². The predicted octanol–water partition coefficient (Wildman–Crippen LogP) is 2.92. The molecule has 1 fully saturated rings. The summed E-state index contributed by atoms with van der Waals surface area (Å²) in [5.74, 6) is -1.06. The number of amides is 2. The molecule has 1 aliphatic carbocycles. The highest BCUT2D eigenvalue weighted by atomic mass is 32.1. The molecule has 2 N–H and O–H groups in total. The third-order valence-electron chi connectivity index (χ3n) is 3.91. The van der Waals surface area contributed by atoms with Gasteiger partial charge in [-0.25, -0.2) is 9.59 Å². The van der Waals surface area contributed by atoms with Crippen molar-refractivity contribution >= 4 is 23.3 Å². The van der Waals surface area contributed by atoms with Gasteiger partial charge in [0.15, 0.2) is 0 Å². The molecule has 0 radical (unpaired) electrons. The zero-order valence-corrected chi connectivity index (χ0v) is 13.2. The normalized spacial score (nSPS) is 17.0. The van der Waals surface area contributed by atoms with E-state index in [1.807, 2.05) is 31.4 Å². The monoisotopic (exact) mass is 310 g/mol. The van der Waals surface area contributed by atoms with Crippen molar-refractivity contribution in [3.05, 3.63) is 22.4 Å². The zero-order valence-electron chi connectivity index (χ0n) is 12.4. The van der Waals surface area contributed by atoms with Crippen LogP contribution in [0.25, 0.3) is 0 Å². The van der Waals surface area contributed by atoms with Crippen LogP contribution in [0.2, 0.25) is 0 Å². The third-order valence-corrected chi connectivity index (χ3v) is 4.77. The second-order valence-corrected chi connectivity index (χ2v) is 6.62. The Bertz CT molecular complexity index is 485. The van der Waals surface area contributed by atoms with E-state index in [0.717, 1.165) is 17.7 Å². The summed E-state index contributed by atoms with van der Waals surface area (Å²) in [5.41, 5.74) is 0. The van der Waals surface area contributed by atoms with E-state index in [0.29, 0.717) is 13.0 Å². The number of hydrogen-bond acceptors (Lipinski definition) is 3. The number of aliphatic carboxylic acids is 1. The maximum absolute atomic E-state index is 12.4. The van der Waals surface area contributed by atoms with Crippen LogP contribution in [-0.4, -0.2) is 34.1 Å². The van der Waals surface area contributed by atoms with E-state index in [9.17, 15) is 14.7 Å². The molecule has 6 heteroatoms. The van der Waals surface area contributed by atoms with E-state index in [-0.39, 0.29) is 18.0 Å². The topological polar surface area (TPSA) is 69.6 Å². The molecule has 2 unspecified atom stereocenters. The quantitative estimate of drug-likeness (QED) is 0.813. The molecule has 1 aliphatic rings. The Hall–Kier alpha value is -1.56. The molecule has 2 amide bonds. The first-order valence-corrected chi connectivity index (χ1v) is 8.23. The summed E-state index contributed by atoms with van der Waals surface area (Å²) in [5, 5.41) is 14.0. The summed E-state index contributed by atoms with van der Waals surface area (Å²) in [4.78, 5) is 26.7. The number of nitrogens with one attached hydrogen (secondary N) is 1. The largest absolute Gasteiger partial charge is 0.480 e. The Labute approximate surface area is 129 Å². The molecule has 116 valence electrons. The second kappa shape index (κ2) is 6.93. The van der Waals surface area contributed by atoms with Gasteiger partial charge in [-0.2, -0.15) is 0 Å². The number of thiophene rings is 1. The number of carboxylic acids is 1. The molecule has 1 heterocycles. The number of hydrogen-bond donors (Lipinski definition) is 2. The van der Waals surface area contributed by atoms with E-state index in [2.05, 4.69) is 5.32 Å². The van der Waals surface area contributed by atoms with Crippen LogP contribution in [0.3, 0.4) is 0 Å². The fraction of sp³-hybridized carbons (Fsp3) is 0.600. The van der Waals surface area contributed by atoms with E-state index in [1.54, 1.807) is 16.2 Å². The van der Waals surface area contributed by atoms with Gasteiger partial charge in [-0.3, -0.25) is 0 Å². The lowest BCUT2D eigenvalue weighted by molar-refractivity contribution is -0.140. The number of carboxylic acid groups (broad SMARTS) is 1. The summed E-state index contributed by atoms with van der Waals surface area (Å²) in [7, 11) is 0. The fourth-order valence-electron chi connectivity index (χ4n) is 2.22. The Morgan fingerprint density at radius 1 is 1.52 bits per heavy atom. The highest BCUT2D eigenvalue weighted by Crippen LogP contribution is 2.29. The van der Waals surface area contributed by atoms with Crippen molar-refractivity contribution in [1.29, 1.82) is 0 Å². The summed E-state index contributed by atoms with van der Waals surface area (Å²) in [6, 6.07) is 3.11. The first-order valence-electron chi connectivity index (χ1n) is 7.35. The zero-order chi connectivity index (χ0) is 15.4. The van der Waals surface area contributed by atoms with Crippen molar-refractivity contribution in [2.45, 2.75) is 51.7 Å². The minimum atomic E-state index is -0.968. The van der Waals surface area contributed by atoms with Crippen LogP contribution in [0, 0.1) is 5.92 Å². The average Bonchev–Trinajstić information content (AvgIpc) is 3.17. The lowest BCUT2D eigenvalue weighted by Gasteiger charge is -2.27. The first kappa shape index (κ1) is 15.8. The van der Waals surface area contributed by atoms with Crippen molar-refractivity contribution in [3.8, 4) is 0 Å². The summed E-state index contributed by atoms with van der Waals surface area (Å²) in [6.07, 6.45) is 2.71. The highest BCUT2D eigenvalue weighted by molar-refractivity contribution is 7.09. The van der Waals surface area contributed by atoms with Gasteiger partial charge in [0.1, 0.15) is 6.04 Å². The second-order valence-electron chi connectivity index (χ2n) is 5.59. The van der Waals surface area contributed by atoms with Gasteiger partial charge in [0.2, 0.25) is 0 Å². The van der Waals surface area contributed by atoms with E-state index in [4.69, 9.17) is 0 Å². The molecule has 0 aliphatic heterocycles. The van der Waals surface area contributed by atoms with Crippen molar-refractivity contribution in [1.82, 2.24) is 10.2 Å². The smallest absolute Gasteiger partial charge is 0.326 e. The molecule has 0 bridgehead atoms. The molecule has 0 aromatic carbocycles. The lowest BCUT2D eigenvalue weighted by atomic mass is 9.99. The standard InChI is InChI=1S/C15H22N2O3S/c1-3-10(2)13(14(18)19)16-15(20)17(11-6-7-11)9-12-5-4-8-21-12/h4-5,8,10-11,13H,3,6-7,9H2,1-2H3,(H,16,20)(H,18,19). The van der Waals surface area contributed by atoms with Gasteiger partial charge >= 0.3 is 12.0 Å². The molecular weight excluding hydrogens is 288 g/mol. The van der Waals surface area contributed by atoms with Gasteiger partial charge in [0.05, 0.1) is 6.54 Å². The Kier molecular flexibility index (Phi) is 5.22. The summed E-state index contributed by atoms with van der Waals surface area (Å²) in [6.45, 7) is 4.33. The Morgan fingerprint density at radius 3 is 2.71 bits per heavy atom. The summed E-state index contributed by atoms with van der Waals surface area (Å²) >= 11 is 1.61. The minimum absolute atomic E-state index is 0.0887. The number of rotatable bonds is 7. The van der Waals surface area contributed by atoms with Gasteiger partial charge in [-0.05, 0) is 30.2 Å². The molecule has 1 saturated carbocycles. The van der Waals surface area contributed by atoms with Crippen molar-refractivity contribution < 1.29 is 14.7 Å². The van der Waals surface area contributed by atoms with Gasteiger partial charge in [0, 0.05) is 10.9 Å². The van der Waals surface area contributed by atoms with Crippen LogP contribution in [0.15, 0.2) is 17.5 Å². The first-order chi connectivity index (χ1) is 10.0. The molecule has 21 heavy (non-hydrogen) atoms. The number of nitrogens with zero attached hydrogens (tertiary/aromatic N) is 1. The van der Waals surface area contributed by atoms with Crippen LogP contribution in [0.1, 0.15) is 38.0 Å². The summed E-state index contributed by atoms with van der Waals surface area (Å²) < 4.78 is 0. The SMILES string of the molecule is CCC(C)C(NC(=O)N(Cc1cccs1)C1CC1)C(=O)O. The van der Waals surface area contributed by atoms with Gasteiger partial charge < -0.3 is 15.3 Å². The van der Waals surface area contributed by atoms with Crippen LogP contribution in [0.5, 0.6) is 0 Å².